The quantitative estimate of drug-likeness (QED) is 0.779. The Hall–Kier alpha value is -2.83. The predicted molar refractivity (Wildman–Crippen MR) is 80.8 cm³/mol. The molecule has 5 nitrogen and oxygen atoms in total. The highest BCUT2D eigenvalue weighted by Gasteiger charge is 2.14. The Bertz CT molecular complexity index is 816. The van der Waals surface area contributed by atoms with Crippen molar-refractivity contribution < 1.29 is 18.3 Å². The van der Waals surface area contributed by atoms with E-state index >= 15 is 0 Å². The average Bonchev–Trinajstić information content (AvgIpc) is 2.91. The fraction of sp³-hybridized carbons (Fsp3) is 0.188. The van der Waals surface area contributed by atoms with E-state index in [0.29, 0.717) is 36.2 Å². The molecule has 0 atom stereocenters. The number of aromatic nitrogens is 2. The van der Waals surface area contributed by atoms with Gasteiger partial charge in [0.2, 0.25) is 5.95 Å². The average molecular weight is 317 g/mol. The molecule has 0 amide bonds. The Labute approximate surface area is 130 Å². The second kappa shape index (κ2) is 5.42. The number of aromatic amines is 1. The van der Waals surface area contributed by atoms with E-state index in [1.54, 1.807) is 6.07 Å². The zero-order valence-corrected chi connectivity index (χ0v) is 12.0. The maximum atomic E-state index is 13.2. The van der Waals surface area contributed by atoms with Crippen LogP contribution in [0, 0.1) is 11.6 Å². The Kier molecular flexibility index (Phi) is 3.25. The van der Waals surface area contributed by atoms with Crippen LogP contribution in [0.25, 0.3) is 11.0 Å². The molecule has 7 heteroatoms. The van der Waals surface area contributed by atoms with E-state index in [4.69, 9.17) is 9.47 Å². The molecule has 2 heterocycles. The molecule has 118 valence electrons. The molecule has 23 heavy (non-hydrogen) atoms. The Balaban J connectivity index is 1.57. The highest BCUT2D eigenvalue weighted by molar-refractivity contribution is 5.81. The third kappa shape index (κ3) is 2.77. The first kappa shape index (κ1) is 13.8. The van der Waals surface area contributed by atoms with Crippen LogP contribution in [0.4, 0.5) is 14.7 Å². The number of fused-ring (bicyclic) bond motifs is 2. The van der Waals surface area contributed by atoms with Gasteiger partial charge in [-0.05, 0) is 17.7 Å². The number of halogens is 2. The molecule has 3 aromatic rings. The number of hydrogen-bond acceptors (Lipinski definition) is 4. The van der Waals surface area contributed by atoms with Crippen molar-refractivity contribution in [2.45, 2.75) is 6.54 Å². The molecule has 0 saturated heterocycles. The molecule has 1 aliphatic heterocycles. The van der Waals surface area contributed by atoms with Crippen molar-refractivity contribution in [3.8, 4) is 11.5 Å². The molecule has 0 radical (unpaired) electrons. The van der Waals surface area contributed by atoms with E-state index in [9.17, 15) is 8.78 Å². The lowest BCUT2D eigenvalue weighted by molar-refractivity contribution is 0.172. The van der Waals surface area contributed by atoms with E-state index in [1.807, 2.05) is 6.07 Å². The third-order valence-electron chi connectivity index (χ3n) is 3.53. The first-order valence-corrected chi connectivity index (χ1v) is 7.15. The summed E-state index contributed by atoms with van der Waals surface area (Å²) in [5, 5.41) is 3.01. The summed E-state index contributed by atoms with van der Waals surface area (Å²) < 4.78 is 37.4. The van der Waals surface area contributed by atoms with Gasteiger partial charge in [-0.2, -0.15) is 0 Å². The molecular formula is C16H13F2N3O2. The molecule has 0 unspecified atom stereocenters. The second-order valence-electron chi connectivity index (χ2n) is 5.23. The van der Waals surface area contributed by atoms with Gasteiger partial charge >= 0.3 is 0 Å². The lowest BCUT2D eigenvalue weighted by Gasteiger charge is -2.17. The van der Waals surface area contributed by atoms with Crippen molar-refractivity contribution in [3.05, 3.63) is 47.5 Å². The minimum atomic E-state index is -0.603. The van der Waals surface area contributed by atoms with E-state index < -0.39 is 11.6 Å². The van der Waals surface area contributed by atoms with Crippen molar-refractivity contribution in [1.29, 1.82) is 0 Å². The molecular weight excluding hydrogens is 304 g/mol. The first-order valence-electron chi connectivity index (χ1n) is 7.15. The van der Waals surface area contributed by atoms with Gasteiger partial charge < -0.3 is 19.8 Å². The normalized spacial score (nSPS) is 13.3. The maximum absolute atomic E-state index is 13.2. The van der Waals surface area contributed by atoms with Gasteiger partial charge in [-0.15, -0.1) is 0 Å². The highest BCUT2D eigenvalue weighted by atomic mass is 19.1. The van der Waals surface area contributed by atoms with Crippen molar-refractivity contribution >= 4 is 17.0 Å². The third-order valence-corrected chi connectivity index (χ3v) is 3.53. The number of H-pyrrole nitrogens is 1. The fourth-order valence-electron chi connectivity index (χ4n) is 2.53. The van der Waals surface area contributed by atoms with Crippen LogP contribution in [0.5, 0.6) is 11.5 Å². The van der Waals surface area contributed by atoms with E-state index in [0.717, 1.165) is 17.1 Å². The van der Waals surface area contributed by atoms with Crippen LogP contribution >= 0.6 is 0 Å². The summed E-state index contributed by atoms with van der Waals surface area (Å²) in [5.41, 5.74) is 2.01. The van der Waals surface area contributed by atoms with Gasteiger partial charge in [0.05, 0.1) is 11.0 Å². The number of rotatable bonds is 3. The molecule has 0 spiro atoms. The molecule has 0 bridgehead atoms. The summed E-state index contributed by atoms with van der Waals surface area (Å²) in [7, 11) is 0. The van der Waals surface area contributed by atoms with Crippen LogP contribution in [0.1, 0.15) is 5.56 Å². The Morgan fingerprint density at radius 3 is 2.43 bits per heavy atom. The lowest BCUT2D eigenvalue weighted by atomic mass is 10.2. The van der Waals surface area contributed by atoms with Crippen molar-refractivity contribution in [2.75, 3.05) is 18.5 Å². The van der Waals surface area contributed by atoms with Gasteiger partial charge in [0.15, 0.2) is 11.5 Å². The first-order chi connectivity index (χ1) is 11.2. The molecule has 0 fully saturated rings. The minimum absolute atomic E-state index is 0.251. The predicted octanol–water partition coefficient (Wildman–Crippen LogP) is 3.22. The highest BCUT2D eigenvalue weighted by Crippen LogP contribution is 2.34. The number of imidazole rings is 1. The maximum Gasteiger partial charge on any atom is 0.201 e. The summed E-state index contributed by atoms with van der Waals surface area (Å²) in [4.78, 5) is 7.49. The Morgan fingerprint density at radius 1 is 1.00 bits per heavy atom. The summed E-state index contributed by atoms with van der Waals surface area (Å²) in [5.74, 6) is 0.633. The molecule has 0 saturated carbocycles. The van der Waals surface area contributed by atoms with Gasteiger partial charge in [-0.3, -0.25) is 0 Å². The number of nitrogens with one attached hydrogen (secondary N) is 2. The fourth-order valence-corrected chi connectivity index (χ4v) is 2.53. The number of anilines is 1. The van der Waals surface area contributed by atoms with Crippen LogP contribution in [0.2, 0.25) is 0 Å². The lowest BCUT2D eigenvalue weighted by Crippen LogP contribution is -2.15. The molecule has 2 aromatic carbocycles. The molecule has 1 aromatic heterocycles. The largest absolute Gasteiger partial charge is 0.486 e. The number of ether oxygens (including phenoxy) is 2. The summed E-state index contributed by atoms with van der Waals surface area (Å²) >= 11 is 0. The Morgan fingerprint density at radius 2 is 1.70 bits per heavy atom. The number of nitrogens with zero attached hydrogens (tertiary/aromatic N) is 1. The van der Waals surface area contributed by atoms with Gasteiger partial charge in [-0.25, -0.2) is 13.8 Å². The van der Waals surface area contributed by atoms with Gasteiger partial charge in [0, 0.05) is 24.7 Å². The summed E-state index contributed by atoms with van der Waals surface area (Å²) in [6.07, 6.45) is 0. The van der Waals surface area contributed by atoms with Crippen LogP contribution in [-0.2, 0) is 6.54 Å². The SMILES string of the molecule is Fc1cc(F)cc(CNc2nc3cc4c(cc3[nH]2)OCCO4)c1. The summed E-state index contributed by atoms with van der Waals surface area (Å²) in [6.45, 7) is 1.28. The standard InChI is InChI=1S/C16H13F2N3O2/c17-10-3-9(4-11(18)5-10)8-19-16-20-12-6-14-15(7-13(12)21-16)23-2-1-22-14/h3-7H,1-2,8H2,(H2,19,20,21). The topological polar surface area (TPSA) is 59.2 Å². The second-order valence-corrected chi connectivity index (χ2v) is 5.23. The molecule has 1 aliphatic rings. The van der Waals surface area contributed by atoms with Gasteiger partial charge in [0.25, 0.3) is 0 Å². The zero-order valence-electron chi connectivity index (χ0n) is 12.0. The van der Waals surface area contributed by atoms with E-state index in [2.05, 4.69) is 15.3 Å². The van der Waals surface area contributed by atoms with Crippen LogP contribution in [0.3, 0.4) is 0 Å². The van der Waals surface area contributed by atoms with Gasteiger partial charge in [0.1, 0.15) is 24.8 Å². The van der Waals surface area contributed by atoms with Crippen LogP contribution in [-0.4, -0.2) is 23.2 Å². The molecule has 0 aliphatic carbocycles. The number of benzene rings is 2. The molecule has 2 N–H and O–H groups in total. The molecule has 4 rings (SSSR count). The zero-order chi connectivity index (χ0) is 15.8. The van der Waals surface area contributed by atoms with Gasteiger partial charge in [-0.1, -0.05) is 0 Å². The summed E-state index contributed by atoms with van der Waals surface area (Å²) in [6, 6.07) is 7.02. The van der Waals surface area contributed by atoms with Crippen molar-refractivity contribution in [3.63, 3.8) is 0 Å². The van der Waals surface area contributed by atoms with Crippen molar-refractivity contribution in [1.82, 2.24) is 9.97 Å². The van der Waals surface area contributed by atoms with E-state index in [-0.39, 0.29) is 6.54 Å². The van der Waals surface area contributed by atoms with Crippen LogP contribution in [0.15, 0.2) is 30.3 Å². The monoisotopic (exact) mass is 317 g/mol. The van der Waals surface area contributed by atoms with E-state index in [1.165, 1.54) is 12.1 Å². The number of hydrogen-bond donors (Lipinski definition) is 2. The van der Waals surface area contributed by atoms with Crippen molar-refractivity contribution in [2.24, 2.45) is 0 Å². The smallest absolute Gasteiger partial charge is 0.201 e. The van der Waals surface area contributed by atoms with Crippen LogP contribution < -0.4 is 14.8 Å². The minimum Gasteiger partial charge on any atom is -0.486 e.